The molecule has 1 atom stereocenters. The molecule has 1 unspecified atom stereocenters. The van der Waals surface area contributed by atoms with Gasteiger partial charge in [0.05, 0.1) is 4.90 Å². The summed E-state index contributed by atoms with van der Waals surface area (Å²) in [5.41, 5.74) is 2.12. The zero-order valence-corrected chi connectivity index (χ0v) is 13.3. The number of hydrogen-bond donors (Lipinski definition) is 1. The lowest BCUT2D eigenvalue weighted by Crippen LogP contribution is -1.87. The van der Waals surface area contributed by atoms with Crippen molar-refractivity contribution in [3.63, 3.8) is 0 Å². The summed E-state index contributed by atoms with van der Waals surface area (Å²) >= 11 is -0.199. The van der Waals surface area contributed by atoms with Crippen LogP contribution in [0.1, 0.15) is 0 Å². The average molecular weight is 326 g/mol. The molecule has 4 heteroatoms. The van der Waals surface area contributed by atoms with Gasteiger partial charge in [0.15, 0.2) is 11.1 Å². The van der Waals surface area contributed by atoms with Crippen LogP contribution in [-0.2, 0) is 11.1 Å². The van der Waals surface area contributed by atoms with Gasteiger partial charge in [0.1, 0.15) is 0 Å². The number of hydrogen-bond acceptors (Lipinski definition) is 2. The van der Waals surface area contributed by atoms with Crippen LogP contribution in [0.15, 0.2) is 93.5 Å². The molecule has 0 heterocycles. The molecule has 0 fully saturated rings. The van der Waals surface area contributed by atoms with Crippen molar-refractivity contribution in [2.45, 2.75) is 14.7 Å². The van der Waals surface area contributed by atoms with E-state index in [1.807, 2.05) is 30.3 Å². The fraction of sp³-hybridized carbons (Fsp3) is 0. The van der Waals surface area contributed by atoms with Gasteiger partial charge in [0.25, 0.3) is 0 Å². The van der Waals surface area contributed by atoms with E-state index in [1.54, 1.807) is 23.9 Å². The summed E-state index contributed by atoms with van der Waals surface area (Å²) in [6, 6.07) is 25.6. The van der Waals surface area contributed by atoms with Crippen molar-refractivity contribution < 1.29 is 8.76 Å². The summed E-state index contributed by atoms with van der Waals surface area (Å²) in [5, 5.41) is 0. The smallest absolute Gasteiger partial charge is 0.186 e. The first-order valence-corrected chi connectivity index (χ1v) is 8.69. The minimum absolute atomic E-state index is 0.417. The molecule has 0 saturated carbocycles. The van der Waals surface area contributed by atoms with E-state index in [1.165, 1.54) is 9.79 Å². The van der Waals surface area contributed by atoms with Gasteiger partial charge in [-0.05, 0) is 47.5 Å². The molecule has 0 aliphatic rings. The van der Waals surface area contributed by atoms with Crippen molar-refractivity contribution in [1.29, 1.82) is 0 Å². The van der Waals surface area contributed by atoms with E-state index in [0.29, 0.717) is 4.90 Å². The summed E-state index contributed by atoms with van der Waals surface area (Å²) in [4.78, 5) is 2.81. The summed E-state index contributed by atoms with van der Waals surface area (Å²) in [6.45, 7) is 0. The molecule has 3 aromatic carbocycles. The maximum Gasteiger partial charge on any atom is 0.186 e. The third-order valence-electron chi connectivity index (χ3n) is 3.22. The van der Waals surface area contributed by atoms with Crippen molar-refractivity contribution >= 4 is 22.8 Å². The van der Waals surface area contributed by atoms with Crippen molar-refractivity contribution in [3.05, 3.63) is 78.9 Å². The van der Waals surface area contributed by atoms with E-state index < -0.39 is 11.1 Å². The monoisotopic (exact) mass is 326 g/mol. The Bertz CT molecular complexity index is 766. The molecular formula is C18H14O2S2. The predicted molar refractivity (Wildman–Crippen MR) is 91.5 cm³/mol. The van der Waals surface area contributed by atoms with E-state index in [4.69, 9.17) is 4.55 Å². The van der Waals surface area contributed by atoms with Crippen molar-refractivity contribution in [3.8, 4) is 11.1 Å². The lowest BCUT2D eigenvalue weighted by Gasteiger charge is -2.05. The summed E-state index contributed by atoms with van der Waals surface area (Å²) in [7, 11) is 0. The Morgan fingerprint density at radius 2 is 1.18 bits per heavy atom. The van der Waals surface area contributed by atoms with Crippen LogP contribution in [0.25, 0.3) is 11.1 Å². The molecule has 0 amide bonds. The van der Waals surface area contributed by atoms with Gasteiger partial charge in [0, 0.05) is 9.79 Å². The van der Waals surface area contributed by atoms with Crippen molar-refractivity contribution in [1.82, 2.24) is 0 Å². The van der Waals surface area contributed by atoms with Crippen LogP contribution in [-0.4, -0.2) is 8.76 Å². The highest BCUT2D eigenvalue weighted by Gasteiger charge is 2.02. The Balaban J connectivity index is 1.77. The van der Waals surface area contributed by atoms with Crippen molar-refractivity contribution in [2.24, 2.45) is 0 Å². The third kappa shape index (κ3) is 3.65. The lowest BCUT2D eigenvalue weighted by atomic mass is 10.1. The molecule has 1 N–H and O–H groups in total. The van der Waals surface area contributed by atoms with E-state index >= 15 is 0 Å². The summed E-state index contributed by atoms with van der Waals surface area (Å²) in [5.74, 6) is 0. The zero-order chi connectivity index (χ0) is 15.4. The highest BCUT2D eigenvalue weighted by Crippen LogP contribution is 2.29. The molecule has 0 bridgehead atoms. The largest absolute Gasteiger partial charge is 0.302 e. The zero-order valence-electron chi connectivity index (χ0n) is 11.7. The second-order valence-corrected chi connectivity index (χ2v) is 6.83. The quantitative estimate of drug-likeness (QED) is 0.679. The van der Waals surface area contributed by atoms with Gasteiger partial charge in [-0.25, -0.2) is 4.21 Å². The summed E-state index contributed by atoms with van der Waals surface area (Å²) < 4.78 is 20.0. The Kier molecular flexibility index (Phi) is 4.73. The van der Waals surface area contributed by atoms with E-state index in [2.05, 4.69) is 36.4 Å². The van der Waals surface area contributed by atoms with E-state index in [0.717, 1.165) is 11.1 Å². The normalized spacial score (nSPS) is 12.0. The minimum atomic E-state index is -1.92. The van der Waals surface area contributed by atoms with Crippen LogP contribution in [0.3, 0.4) is 0 Å². The topological polar surface area (TPSA) is 37.3 Å². The number of benzene rings is 3. The Hall–Kier alpha value is -1.88. The predicted octanol–water partition coefficient (Wildman–Crippen LogP) is 5.09. The first kappa shape index (κ1) is 15.0. The molecule has 0 aromatic heterocycles. The van der Waals surface area contributed by atoms with Crippen LogP contribution >= 0.6 is 11.8 Å². The molecule has 22 heavy (non-hydrogen) atoms. The molecule has 0 aliphatic heterocycles. The van der Waals surface area contributed by atoms with Crippen LogP contribution in [0.4, 0.5) is 0 Å². The molecule has 0 saturated heterocycles. The highest BCUT2D eigenvalue weighted by atomic mass is 32.2. The molecule has 0 radical (unpaired) electrons. The molecule has 2 nitrogen and oxygen atoms in total. The van der Waals surface area contributed by atoms with Crippen LogP contribution in [0.2, 0.25) is 0 Å². The molecule has 0 spiro atoms. The fourth-order valence-electron chi connectivity index (χ4n) is 2.10. The van der Waals surface area contributed by atoms with Gasteiger partial charge in [-0.15, -0.1) is 0 Å². The molecule has 110 valence electrons. The second kappa shape index (κ2) is 6.92. The lowest BCUT2D eigenvalue weighted by molar-refractivity contribution is 0.564. The minimum Gasteiger partial charge on any atom is -0.302 e. The van der Waals surface area contributed by atoms with Crippen LogP contribution in [0.5, 0.6) is 0 Å². The van der Waals surface area contributed by atoms with Crippen molar-refractivity contribution in [2.75, 3.05) is 0 Å². The maximum atomic E-state index is 11.0. The molecule has 3 aromatic rings. The van der Waals surface area contributed by atoms with Gasteiger partial charge in [-0.3, -0.25) is 0 Å². The van der Waals surface area contributed by atoms with Crippen LogP contribution < -0.4 is 0 Å². The molecule has 3 rings (SSSR count). The van der Waals surface area contributed by atoms with Gasteiger partial charge in [-0.2, -0.15) is 0 Å². The van der Waals surface area contributed by atoms with Crippen LogP contribution in [0, 0.1) is 0 Å². The van der Waals surface area contributed by atoms with Gasteiger partial charge in [0.2, 0.25) is 0 Å². The first-order chi connectivity index (χ1) is 10.7. The van der Waals surface area contributed by atoms with Gasteiger partial charge < -0.3 is 4.55 Å². The number of rotatable bonds is 4. The third-order valence-corrected chi connectivity index (χ3v) is 4.91. The SMILES string of the molecule is O=S(O)c1ccc(-c2ccc(Sc3ccccc3)cc2)cc1. The first-order valence-electron chi connectivity index (χ1n) is 6.77. The Morgan fingerprint density at radius 3 is 1.73 bits per heavy atom. The molecule has 0 aliphatic carbocycles. The average Bonchev–Trinajstić information content (AvgIpc) is 2.57. The fourth-order valence-corrected chi connectivity index (χ4v) is 3.31. The van der Waals surface area contributed by atoms with Gasteiger partial charge >= 0.3 is 0 Å². The van der Waals surface area contributed by atoms with Gasteiger partial charge in [-0.1, -0.05) is 54.2 Å². The standard InChI is InChI=1S/C18H14O2S2/c19-22(20)18-12-8-15(9-13-18)14-6-10-17(11-7-14)21-16-4-2-1-3-5-16/h1-13H,(H,19,20). The summed E-state index contributed by atoms with van der Waals surface area (Å²) in [6.07, 6.45) is 0. The molecular weight excluding hydrogens is 312 g/mol. The Morgan fingerprint density at radius 1 is 0.682 bits per heavy atom. The maximum absolute atomic E-state index is 11.0. The Labute approximate surface area is 136 Å². The second-order valence-electron chi connectivity index (χ2n) is 4.71. The van der Waals surface area contributed by atoms with E-state index in [9.17, 15) is 4.21 Å². The highest BCUT2D eigenvalue weighted by molar-refractivity contribution is 7.99. The van der Waals surface area contributed by atoms with E-state index in [-0.39, 0.29) is 0 Å².